The van der Waals surface area contributed by atoms with Crippen molar-refractivity contribution in [2.45, 2.75) is 30.3 Å². The third-order valence-corrected chi connectivity index (χ3v) is 6.76. The summed E-state index contributed by atoms with van der Waals surface area (Å²) in [6, 6.07) is 12.1. The maximum absolute atomic E-state index is 15.1. The van der Waals surface area contributed by atoms with Gasteiger partial charge in [-0.05, 0) is 31.0 Å². The molecule has 1 saturated heterocycles. The third-order valence-electron chi connectivity index (χ3n) is 6.76. The summed E-state index contributed by atoms with van der Waals surface area (Å²) in [6.45, 7) is 0.774. The predicted octanol–water partition coefficient (Wildman–Crippen LogP) is 2.74. The molecule has 1 spiro atoms. The average molecular weight is 418 g/mol. The van der Waals surface area contributed by atoms with E-state index in [-0.39, 0.29) is 11.9 Å². The van der Waals surface area contributed by atoms with Crippen molar-refractivity contribution in [2.24, 2.45) is 0 Å². The Balaban J connectivity index is 1.28. The van der Waals surface area contributed by atoms with Crippen LogP contribution in [0.3, 0.4) is 0 Å². The van der Waals surface area contributed by atoms with E-state index < -0.39 is 16.8 Å². The highest BCUT2D eigenvalue weighted by Crippen LogP contribution is 2.52. The van der Waals surface area contributed by atoms with Gasteiger partial charge in [0.2, 0.25) is 5.91 Å². The normalized spacial score (nSPS) is 23.1. The van der Waals surface area contributed by atoms with Crippen molar-refractivity contribution >= 4 is 11.9 Å². The summed E-state index contributed by atoms with van der Waals surface area (Å²) in [6.07, 6.45) is 4.91. The average Bonchev–Trinajstić information content (AvgIpc) is 3.13. The fraction of sp³-hybridized carbons (Fsp3) is 0.304. The zero-order valence-corrected chi connectivity index (χ0v) is 16.6. The van der Waals surface area contributed by atoms with E-state index in [9.17, 15) is 9.59 Å². The smallest absolute Gasteiger partial charge is 0.339 e. The topological polar surface area (TPSA) is 77.3 Å². The molecule has 3 heterocycles. The van der Waals surface area contributed by atoms with Crippen molar-refractivity contribution in [3.05, 3.63) is 77.4 Å². The van der Waals surface area contributed by atoms with Crippen LogP contribution in [0.2, 0.25) is 0 Å². The summed E-state index contributed by atoms with van der Waals surface area (Å²) >= 11 is 0. The zero-order valence-electron chi connectivity index (χ0n) is 16.6. The first kappa shape index (κ1) is 18.2. The first-order valence-electron chi connectivity index (χ1n) is 10.3. The van der Waals surface area contributed by atoms with Gasteiger partial charge in [0, 0.05) is 24.1 Å². The summed E-state index contributed by atoms with van der Waals surface area (Å²) < 4.78 is 22.3. The first-order valence-corrected chi connectivity index (χ1v) is 10.3. The van der Waals surface area contributed by atoms with Crippen LogP contribution >= 0.6 is 0 Å². The molecule has 6 rings (SSSR count). The molecule has 31 heavy (non-hydrogen) atoms. The molecule has 1 aromatic heterocycles. The van der Waals surface area contributed by atoms with Gasteiger partial charge in [-0.2, -0.15) is 0 Å². The minimum Gasteiger partial charge on any atom is -0.449 e. The monoisotopic (exact) mass is 418 g/mol. The summed E-state index contributed by atoms with van der Waals surface area (Å²) in [7, 11) is 0. The highest BCUT2D eigenvalue weighted by Gasteiger charge is 2.58. The molecular formula is C23H19FN4O3. The van der Waals surface area contributed by atoms with Gasteiger partial charge in [-0.3, -0.25) is 4.79 Å². The molecule has 156 valence electrons. The number of fused-ring (bicyclic) bond motifs is 2. The second kappa shape index (κ2) is 6.23. The second-order valence-corrected chi connectivity index (χ2v) is 8.50. The Kier molecular flexibility index (Phi) is 3.66. The van der Waals surface area contributed by atoms with Crippen LogP contribution in [0.25, 0.3) is 5.69 Å². The first-order chi connectivity index (χ1) is 15.0. The minimum absolute atomic E-state index is 0.0998. The lowest BCUT2D eigenvalue weighted by Crippen LogP contribution is -2.40. The molecule has 0 unspecified atom stereocenters. The highest BCUT2D eigenvalue weighted by atomic mass is 19.1. The number of hydrogen-bond acceptors (Lipinski definition) is 5. The number of rotatable bonds is 3. The molecule has 1 atom stereocenters. The lowest BCUT2D eigenvalue weighted by atomic mass is 9.91. The Morgan fingerprint density at radius 2 is 1.94 bits per heavy atom. The van der Waals surface area contributed by atoms with E-state index in [1.807, 2.05) is 18.2 Å². The highest BCUT2D eigenvalue weighted by molar-refractivity contribution is 5.96. The molecule has 2 aliphatic heterocycles. The number of nitrogens with zero attached hydrogens (tertiary/aromatic N) is 4. The number of carbonyl (C=O) groups excluding carboxylic acids is 2. The maximum atomic E-state index is 15.1. The fourth-order valence-electron chi connectivity index (χ4n) is 5.01. The molecule has 7 nitrogen and oxygen atoms in total. The van der Waals surface area contributed by atoms with Gasteiger partial charge in [0.1, 0.15) is 5.82 Å². The largest absolute Gasteiger partial charge is 0.449 e. The van der Waals surface area contributed by atoms with Crippen LogP contribution in [0.15, 0.2) is 54.9 Å². The number of likely N-dealkylation sites (tertiary alicyclic amines) is 1. The van der Waals surface area contributed by atoms with Crippen molar-refractivity contribution in [1.82, 2.24) is 19.9 Å². The van der Waals surface area contributed by atoms with Crippen LogP contribution in [0.5, 0.6) is 0 Å². The van der Waals surface area contributed by atoms with Crippen molar-refractivity contribution in [3.8, 4) is 5.69 Å². The Hall–Kier alpha value is -3.55. The number of benzene rings is 2. The van der Waals surface area contributed by atoms with Gasteiger partial charge in [0.25, 0.3) is 0 Å². The van der Waals surface area contributed by atoms with Crippen molar-refractivity contribution in [1.29, 1.82) is 0 Å². The summed E-state index contributed by atoms with van der Waals surface area (Å²) in [4.78, 5) is 27.6. The molecule has 8 heteroatoms. The third kappa shape index (κ3) is 2.57. The number of aromatic nitrogens is 3. The number of halogens is 1. The number of hydrogen-bond donors (Lipinski definition) is 0. The van der Waals surface area contributed by atoms with E-state index in [2.05, 4.69) is 10.3 Å². The quantitative estimate of drug-likeness (QED) is 0.612. The van der Waals surface area contributed by atoms with Crippen molar-refractivity contribution in [3.63, 3.8) is 0 Å². The SMILES string of the molecule is O=C1O[C@]2(CCN(C(=O)C3(c4ccc(-n5ccnn5)cc4F)CC3)C2)c2ccccc21. The van der Waals surface area contributed by atoms with E-state index in [0.29, 0.717) is 49.2 Å². The molecule has 0 radical (unpaired) electrons. The van der Waals surface area contributed by atoms with E-state index in [4.69, 9.17) is 4.74 Å². The van der Waals surface area contributed by atoms with E-state index in [0.717, 1.165) is 5.56 Å². The van der Waals surface area contributed by atoms with Crippen LogP contribution in [0, 0.1) is 5.82 Å². The van der Waals surface area contributed by atoms with Crippen LogP contribution in [0.1, 0.15) is 40.7 Å². The minimum atomic E-state index is -0.849. The fourth-order valence-corrected chi connectivity index (χ4v) is 5.01. The predicted molar refractivity (Wildman–Crippen MR) is 107 cm³/mol. The van der Waals surface area contributed by atoms with Gasteiger partial charge in [-0.15, -0.1) is 5.10 Å². The standard InChI is InChI=1S/C23H19FN4O3/c24-19-13-15(28-12-10-25-26-28)5-6-18(19)22(7-8-22)21(30)27-11-9-23(14-27)17-4-2-1-3-16(17)20(29)31-23/h1-6,10,12-13H,7-9,11,14H2/t23-/m0/s1. The summed E-state index contributed by atoms with van der Waals surface area (Å²) in [5.41, 5.74) is 0.715. The summed E-state index contributed by atoms with van der Waals surface area (Å²) in [5, 5.41) is 7.62. The van der Waals surface area contributed by atoms with Gasteiger partial charge in [0.05, 0.1) is 35.6 Å². The second-order valence-electron chi connectivity index (χ2n) is 8.50. The Morgan fingerprint density at radius 3 is 2.68 bits per heavy atom. The Morgan fingerprint density at radius 1 is 1.10 bits per heavy atom. The van der Waals surface area contributed by atoms with Crippen LogP contribution in [-0.2, 0) is 20.5 Å². The van der Waals surface area contributed by atoms with E-state index >= 15 is 4.39 Å². The van der Waals surface area contributed by atoms with E-state index in [1.54, 1.807) is 29.3 Å². The number of esters is 1. The Labute approximate surface area is 177 Å². The molecule has 1 aliphatic carbocycles. The molecule has 1 amide bonds. The molecule has 2 fully saturated rings. The molecule has 1 saturated carbocycles. The van der Waals surface area contributed by atoms with Crippen LogP contribution < -0.4 is 0 Å². The number of ether oxygens (including phenoxy) is 1. The lowest BCUT2D eigenvalue weighted by molar-refractivity contribution is -0.134. The molecule has 0 N–H and O–H groups in total. The van der Waals surface area contributed by atoms with E-state index in [1.165, 1.54) is 16.9 Å². The van der Waals surface area contributed by atoms with Gasteiger partial charge >= 0.3 is 5.97 Å². The molecule has 2 aromatic carbocycles. The van der Waals surface area contributed by atoms with Gasteiger partial charge in [-0.1, -0.05) is 29.5 Å². The van der Waals surface area contributed by atoms with Crippen molar-refractivity contribution < 1.29 is 18.7 Å². The maximum Gasteiger partial charge on any atom is 0.339 e. The molecule has 3 aromatic rings. The van der Waals surface area contributed by atoms with Crippen LogP contribution in [0.4, 0.5) is 4.39 Å². The zero-order chi connectivity index (χ0) is 21.2. The Bertz CT molecular complexity index is 1220. The van der Waals surface area contributed by atoms with Gasteiger partial charge < -0.3 is 9.64 Å². The number of amides is 1. The lowest BCUT2D eigenvalue weighted by Gasteiger charge is -2.27. The molecule has 3 aliphatic rings. The molecular weight excluding hydrogens is 399 g/mol. The van der Waals surface area contributed by atoms with Crippen molar-refractivity contribution in [2.75, 3.05) is 13.1 Å². The number of carbonyl (C=O) groups is 2. The van der Waals surface area contributed by atoms with Gasteiger partial charge in [-0.25, -0.2) is 13.9 Å². The van der Waals surface area contributed by atoms with Crippen LogP contribution in [-0.4, -0.2) is 44.9 Å². The molecule has 0 bridgehead atoms. The summed E-state index contributed by atoms with van der Waals surface area (Å²) in [5.74, 6) is -0.872. The van der Waals surface area contributed by atoms with Gasteiger partial charge in [0.15, 0.2) is 5.60 Å².